The molecule has 0 aromatic rings. The van der Waals surface area contributed by atoms with Gasteiger partial charge in [0, 0.05) is 12.8 Å². The molecule has 2 atom stereocenters. The highest BCUT2D eigenvalue weighted by atomic mass is 31.2. The van der Waals surface area contributed by atoms with Crippen molar-refractivity contribution in [3.8, 4) is 0 Å². The Morgan fingerprint density at radius 2 is 1.19 bits per heavy atom. The van der Waals surface area contributed by atoms with E-state index in [9.17, 15) is 28.3 Å². The number of carboxylic acids is 1. The molecule has 1 N–H and O–H groups in total. The molecule has 182 valence electrons. The van der Waals surface area contributed by atoms with E-state index in [0.29, 0.717) is 0 Å². The van der Waals surface area contributed by atoms with Gasteiger partial charge in [0.1, 0.15) is 0 Å². The zero-order valence-corrected chi connectivity index (χ0v) is 20.7. The summed E-state index contributed by atoms with van der Waals surface area (Å²) in [6.45, 7) is 7.98. The number of esters is 3. The maximum Gasteiger partial charge on any atom is 0.617 e. The lowest BCUT2D eigenvalue weighted by Gasteiger charge is -2.14. The highest BCUT2D eigenvalue weighted by Gasteiger charge is 2.56. The minimum Gasteiger partial charge on any atom is -0.481 e. The van der Waals surface area contributed by atoms with Crippen LogP contribution in [0.1, 0.15) is 60.8 Å². The molecule has 0 heterocycles. The Morgan fingerprint density at radius 1 is 0.781 bits per heavy atom. The Hall–Kier alpha value is -2.00. The fraction of sp³-hybridized carbons (Fsp3) is 0.778. The van der Waals surface area contributed by atoms with Crippen LogP contribution in [0.5, 0.6) is 0 Å². The second-order valence-corrected chi connectivity index (χ2v) is 11.5. The van der Waals surface area contributed by atoms with Crippen molar-refractivity contribution >= 4 is 39.9 Å². The number of carbonyl (C=O) groups is 4. The summed E-state index contributed by atoms with van der Waals surface area (Å²) in [4.78, 5) is 45.9. The molecule has 0 radical (unpaired) electrons. The van der Waals surface area contributed by atoms with E-state index in [1.165, 1.54) is 0 Å². The van der Waals surface area contributed by atoms with E-state index >= 15 is 0 Å². The van der Waals surface area contributed by atoms with Crippen molar-refractivity contribution in [2.45, 2.75) is 66.4 Å². The van der Waals surface area contributed by atoms with E-state index in [-0.39, 0.29) is 19.3 Å². The molecule has 2 unspecified atom stereocenters. The fourth-order valence-electron chi connectivity index (χ4n) is 1.55. The molecular weight excluding hydrogens is 470 g/mol. The Morgan fingerprint density at radius 3 is 1.53 bits per heavy atom. The van der Waals surface area contributed by atoms with Gasteiger partial charge in [0.2, 0.25) is 13.6 Å². The van der Waals surface area contributed by atoms with Gasteiger partial charge in [0.25, 0.3) is 0 Å². The molecule has 0 aliphatic rings. The Bertz CT molecular complexity index is 676. The SMILES string of the molecule is CC(C)(C)C(=O)OCO[P+](=O)C(OC(=O)CCCC(=O)O)[P+](=O)OCOC(=O)C(C)(C)C. The summed E-state index contributed by atoms with van der Waals surface area (Å²) in [6.07, 6.45) is -0.730. The van der Waals surface area contributed by atoms with Gasteiger partial charge in [-0.1, -0.05) is 9.05 Å². The van der Waals surface area contributed by atoms with Crippen LogP contribution in [0, 0.1) is 10.8 Å². The third kappa shape index (κ3) is 12.8. The summed E-state index contributed by atoms with van der Waals surface area (Å²) in [7, 11) is -6.00. The van der Waals surface area contributed by atoms with Gasteiger partial charge in [0.05, 0.1) is 10.8 Å². The molecule has 0 aromatic heterocycles. The molecule has 0 fully saturated rings. The monoisotopic (exact) mass is 500 g/mol. The van der Waals surface area contributed by atoms with Crippen LogP contribution in [0.2, 0.25) is 0 Å². The highest BCUT2D eigenvalue weighted by Crippen LogP contribution is 2.47. The molecule has 0 saturated carbocycles. The number of rotatable bonds is 13. The lowest BCUT2D eigenvalue weighted by atomic mass is 9.98. The summed E-state index contributed by atoms with van der Waals surface area (Å²) < 4.78 is 48.9. The molecule has 0 spiro atoms. The lowest BCUT2D eigenvalue weighted by Crippen LogP contribution is -2.24. The minimum absolute atomic E-state index is 0.0669. The number of hydrogen-bond acceptors (Lipinski definition) is 11. The van der Waals surface area contributed by atoms with Crippen molar-refractivity contribution in [2.75, 3.05) is 13.6 Å². The van der Waals surface area contributed by atoms with Crippen molar-refractivity contribution in [3.63, 3.8) is 0 Å². The van der Waals surface area contributed by atoms with Gasteiger partial charge < -0.3 is 19.3 Å². The number of carboxylic acid groups (broad SMARTS) is 1. The molecule has 0 aliphatic heterocycles. The molecule has 0 amide bonds. The van der Waals surface area contributed by atoms with E-state index in [1.54, 1.807) is 41.5 Å². The maximum absolute atomic E-state index is 12.4. The van der Waals surface area contributed by atoms with Crippen molar-refractivity contribution in [1.29, 1.82) is 0 Å². The van der Waals surface area contributed by atoms with Gasteiger partial charge in [-0.3, -0.25) is 19.2 Å². The lowest BCUT2D eigenvalue weighted by molar-refractivity contribution is -0.160. The molecule has 12 nitrogen and oxygen atoms in total. The Balaban J connectivity index is 5.00. The molecule has 0 aliphatic carbocycles. The van der Waals surface area contributed by atoms with Gasteiger partial charge in [-0.2, -0.15) is 0 Å². The Kier molecular flexibility index (Phi) is 12.7. The molecule has 32 heavy (non-hydrogen) atoms. The van der Waals surface area contributed by atoms with Gasteiger partial charge in [-0.05, 0) is 57.1 Å². The summed E-state index contributed by atoms with van der Waals surface area (Å²) in [5.41, 5.74) is -3.61. The molecule has 0 aromatic carbocycles. The first-order chi connectivity index (χ1) is 14.6. The van der Waals surface area contributed by atoms with Crippen LogP contribution in [-0.2, 0) is 51.6 Å². The van der Waals surface area contributed by atoms with Crippen LogP contribution in [0.3, 0.4) is 0 Å². The zero-order chi connectivity index (χ0) is 25.1. The average Bonchev–Trinajstić information content (AvgIpc) is 2.63. The van der Waals surface area contributed by atoms with Crippen LogP contribution < -0.4 is 0 Å². The van der Waals surface area contributed by atoms with Crippen molar-refractivity contribution in [1.82, 2.24) is 0 Å². The number of aliphatic carboxylic acids is 1. The number of carbonyl (C=O) groups excluding carboxylic acids is 3. The van der Waals surface area contributed by atoms with Gasteiger partial charge in [-0.15, -0.1) is 0 Å². The largest absolute Gasteiger partial charge is 0.617 e. The summed E-state index contributed by atoms with van der Waals surface area (Å²) in [5.74, 6) is -3.43. The zero-order valence-electron chi connectivity index (χ0n) is 18.9. The minimum atomic E-state index is -3.00. The first kappa shape index (κ1) is 30.0. The van der Waals surface area contributed by atoms with Crippen LogP contribution in [0.4, 0.5) is 0 Å². The third-order valence-corrected chi connectivity index (χ3v) is 6.12. The van der Waals surface area contributed by atoms with Gasteiger partial charge in [-0.25, -0.2) is 0 Å². The first-order valence-corrected chi connectivity index (χ1v) is 12.0. The van der Waals surface area contributed by atoms with E-state index in [0.717, 1.165) is 0 Å². The second kappa shape index (κ2) is 13.5. The quantitative estimate of drug-likeness (QED) is 0.169. The average molecular weight is 500 g/mol. The first-order valence-electron chi connectivity index (χ1n) is 9.50. The van der Waals surface area contributed by atoms with E-state index in [4.69, 9.17) is 28.4 Å². The normalized spacial score (nSPS) is 13.6. The van der Waals surface area contributed by atoms with Crippen LogP contribution >= 0.6 is 16.1 Å². The number of hydrogen-bond donors (Lipinski definition) is 1. The predicted molar refractivity (Wildman–Crippen MR) is 110 cm³/mol. The van der Waals surface area contributed by atoms with Crippen molar-refractivity contribution in [2.24, 2.45) is 10.8 Å². The van der Waals surface area contributed by atoms with Gasteiger partial charge >= 0.3 is 45.5 Å². The summed E-state index contributed by atoms with van der Waals surface area (Å²) >= 11 is 0. The van der Waals surface area contributed by atoms with Gasteiger partial charge in [0.15, 0.2) is 0 Å². The van der Waals surface area contributed by atoms with Crippen LogP contribution in [0.25, 0.3) is 0 Å². The summed E-state index contributed by atoms with van der Waals surface area (Å²) in [5, 5.41) is 8.61. The highest BCUT2D eigenvalue weighted by molar-refractivity contribution is 7.58. The van der Waals surface area contributed by atoms with Crippen LogP contribution in [0.15, 0.2) is 0 Å². The van der Waals surface area contributed by atoms with E-state index in [2.05, 4.69) is 0 Å². The van der Waals surface area contributed by atoms with E-state index in [1.807, 2.05) is 0 Å². The fourth-order valence-corrected chi connectivity index (χ4v) is 3.54. The standard InChI is InChI=1S/C18H29O12P2/c1-17(2,3)14(22)26-10-28-31(24)16(30-13(21)9-7-8-12(19)20)32(25)29-11-27-15(23)18(4,5)6/h16H,7-11H2,1-6H3/q+1/p+1. The Labute approximate surface area is 188 Å². The van der Waals surface area contributed by atoms with E-state index < -0.39 is 69.9 Å². The molecule has 0 saturated heterocycles. The predicted octanol–water partition coefficient (Wildman–Crippen LogP) is 3.68. The van der Waals surface area contributed by atoms with Crippen molar-refractivity contribution < 1.29 is 56.7 Å². The number of ether oxygens (including phenoxy) is 3. The smallest absolute Gasteiger partial charge is 0.481 e. The third-order valence-electron chi connectivity index (χ3n) is 3.33. The van der Waals surface area contributed by atoms with Crippen molar-refractivity contribution in [3.05, 3.63) is 0 Å². The second-order valence-electron chi connectivity index (χ2n) is 8.49. The molecular formula is C18H30O12P2+2. The topological polar surface area (TPSA) is 169 Å². The summed E-state index contributed by atoms with van der Waals surface area (Å²) in [6, 6.07) is 0. The maximum atomic E-state index is 12.4. The molecule has 0 rings (SSSR count). The molecule has 14 heteroatoms. The van der Waals surface area contributed by atoms with Crippen LogP contribution in [-0.4, -0.2) is 48.2 Å². The molecule has 0 bridgehead atoms.